The first kappa shape index (κ1) is 29.1. The van der Waals surface area contributed by atoms with Gasteiger partial charge in [0.05, 0.1) is 13.2 Å². The number of ether oxygens (including phenoxy) is 2. The Labute approximate surface area is 183 Å². The Hall–Kier alpha value is 0.0638. The minimum atomic E-state index is -6.17. The van der Waals surface area contributed by atoms with Crippen LogP contribution in [0, 0.1) is 0 Å². The van der Waals surface area contributed by atoms with Crippen LogP contribution in [0.3, 0.4) is 0 Å². The van der Waals surface area contributed by atoms with Crippen molar-refractivity contribution >= 4 is 58.8 Å². The van der Waals surface area contributed by atoms with Gasteiger partial charge in [0.25, 0.3) is 0 Å². The van der Waals surface area contributed by atoms with Crippen molar-refractivity contribution in [2.45, 2.75) is 18.6 Å². The summed E-state index contributed by atoms with van der Waals surface area (Å²) in [6.07, 6.45) is 1.29. The molecule has 0 N–H and O–H groups in total. The molecule has 1 fully saturated rings. The van der Waals surface area contributed by atoms with Crippen LogP contribution in [0.4, 0.5) is 0 Å². The second kappa shape index (κ2) is 9.02. The van der Waals surface area contributed by atoms with Crippen LogP contribution in [-0.2, 0) is 60.0 Å². The molecule has 13 nitrogen and oxygen atoms in total. The minimum absolute atomic E-state index is 0.135. The lowest BCUT2D eigenvalue weighted by Gasteiger charge is -2.34. The molecular formula is C11H26O13S5Si2. The third-order valence-electron chi connectivity index (χ3n) is 4.25. The molecule has 186 valence electrons. The fourth-order valence-corrected chi connectivity index (χ4v) is 56.6. The highest BCUT2D eigenvalue weighted by molar-refractivity contribution is 8.73. The van der Waals surface area contributed by atoms with Gasteiger partial charge in [0.2, 0.25) is 0 Å². The van der Waals surface area contributed by atoms with Crippen molar-refractivity contribution in [3.63, 3.8) is 0 Å². The van der Waals surface area contributed by atoms with Crippen LogP contribution < -0.4 is 0 Å². The van der Waals surface area contributed by atoms with Crippen molar-refractivity contribution in [1.82, 2.24) is 0 Å². The second-order valence-electron chi connectivity index (χ2n) is 7.28. The molecule has 0 spiro atoms. The average Bonchev–Trinajstić information content (AvgIpc) is 3.27. The van der Waals surface area contributed by atoms with Gasteiger partial charge in [0.1, 0.15) is 6.10 Å². The molecule has 1 aliphatic heterocycles. The number of hydrogen-bond acceptors (Lipinski definition) is 13. The highest BCUT2D eigenvalue weighted by Crippen LogP contribution is 2.36. The Balaban J connectivity index is 3.73. The molecule has 0 radical (unpaired) electrons. The van der Waals surface area contributed by atoms with Gasteiger partial charge >= 0.3 is 12.4 Å². The summed E-state index contributed by atoms with van der Waals surface area (Å²) in [7, 11) is -25.0. The van der Waals surface area contributed by atoms with E-state index in [4.69, 9.17) is 13.6 Å². The lowest BCUT2D eigenvalue weighted by molar-refractivity contribution is 0.117. The molecule has 31 heavy (non-hydrogen) atoms. The third kappa shape index (κ3) is 5.95. The van der Waals surface area contributed by atoms with Gasteiger partial charge in [-0.1, -0.05) is 0 Å². The molecule has 0 bridgehead atoms. The summed E-state index contributed by atoms with van der Waals surface area (Å²) in [5.41, 5.74) is 0. The lowest BCUT2D eigenvalue weighted by Crippen LogP contribution is -2.69. The van der Waals surface area contributed by atoms with E-state index in [1.807, 2.05) is 0 Å². The van der Waals surface area contributed by atoms with E-state index in [9.17, 15) is 42.1 Å². The van der Waals surface area contributed by atoms with E-state index >= 15 is 0 Å². The van der Waals surface area contributed by atoms with E-state index in [2.05, 4.69) is 0 Å². The van der Waals surface area contributed by atoms with Crippen LogP contribution in [0.15, 0.2) is 0 Å². The van der Waals surface area contributed by atoms with Gasteiger partial charge in [0, 0.05) is 37.9 Å². The van der Waals surface area contributed by atoms with Crippen LogP contribution in [-0.4, -0.2) is 112 Å². The molecule has 0 saturated carbocycles. The molecule has 20 heteroatoms. The summed E-state index contributed by atoms with van der Waals surface area (Å²) in [5, 5.41) is 0. The fourth-order valence-electron chi connectivity index (χ4n) is 2.86. The zero-order chi connectivity index (χ0) is 24.7. The van der Waals surface area contributed by atoms with Gasteiger partial charge in [-0.05, 0) is 12.5 Å². The quantitative estimate of drug-likeness (QED) is 0.124. The molecule has 0 aromatic rings. The standard InChI is InChI=1S/C11H26O13S5Si2/c1-25(12,13)30(26(2,14)15,8-6-7-22-9-11-10-23-11)24-31(27(3,16)17,28(4,18)19)29(5,20)21/h11H,6-10H2,1-5H3. The summed E-state index contributed by atoms with van der Waals surface area (Å²) < 4.78 is 141. The van der Waals surface area contributed by atoms with E-state index < -0.39 is 64.9 Å². The molecule has 0 aromatic heterocycles. The highest BCUT2D eigenvalue weighted by Gasteiger charge is 2.75. The average molecular weight is 583 g/mol. The van der Waals surface area contributed by atoms with E-state index in [0.29, 0.717) is 19.1 Å². The van der Waals surface area contributed by atoms with Gasteiger partial charge in [-0.25, -0.2) is 42.1 Å². The van der Waals surface area contributed by atoms with E-state index in [1.54, 1.807) is 0 Å². The maximum Gasteiger partial charge on any atom is 0.569 e. The Morgan fingerprint density at radius 2 is 1.13 bits per heavy atom. The molecule has 1 aliphatic rings. The Morgan fingerprint density at radius 1 is 0.742 bits per heavy atom. The number of rotatable bonds is 13. The molecule has 0 aliphatic carbocycles. The maximum atomic E-state index is 12.7. The smallest absolute Gasteiger partial charge is 0.401 e. The van der Waals surface area contributed by atoms with Gasteiger partial charge < -0.3 is 13.6 Å². The Bertz CT molecular complexity index is 1100. The maximum absolute atomic E-state index is 12.7. The fraction of sp³-hybridized carbons (Fsp3) is 1.00. The van der Waals surface area contributed by atoms with Crippen molar-refractivity contribution in [3.8, 4) is 0 Å². The molecule has 0 aromatic carbocycles. The molecule has 0 amide bonds. The van der Waals surface area contributed by atoms with Crippen molar-refractivity contribution in [1.29, 1.82) is 0 Å². The zero-order valence-corrected chi connectivity index (χ0v) is 23.5. The summed E-state index contributed by atoms with van der Waals surface area (Å²) in [4.78, 5) is 0. The summed E-state index contributed by atoms with van der Waals surface area (Å²) in [5.74, 6) is -6.17. The predicted molar refractivity (Wildman–Crippen MR) is 117 cm³/mol. The van der Waals surface area contributed by atoms with Gasteiger partial charge in [-0.3, -0.25) is 0 Å². The minimum Gasteiger partial charge on any atom is -0.401 e. The van der Waals surface area contributed by atoms with Crippen LogP contribution in [0.5, 0.6) is 0 Å². The number of epoxide rings is 1. The van der Waals surface area contributed by atoms with E-state index in [0.717, 1.165) is 0 Å². The monoisotopic (exact) mass is 582 g/mol. The molecule has 1 saturated heterocycles. The van der Waals surface area contributed by atoms with Crippen LogP contribution in [0.25, 0.3) is 0 Å². The van der Waals surface area contributed by atoms with E-state index in [1.165, 1.54) is 0 Å². The largest absolute Gasteiger partial charge is 0.569 e. The SMILES string of the molecule is CS(=O)(=O)[Si](CCCOCC1CO1)(O[Si](S(C)(=O)=O)(S(C)(=O)=O)S(C)(=O)=O)S(C)(=O)=O. The van der Waals surface area contributed by atoms with Crippen LogP contribution in [0.1, 0.15) is 6.42 Å². The first-order valence-corrected chi connectivity index (χ1v) is 25.5. The third-order valence-corrected chi connectivity index (χ3v) is 54.2. The first-order valence-electron chi connectivity index (χ1n) is 8.41. The highest BCUT2D eigenvalue weighted by atomic mass is 32.8. The molecule has 1 atom stereocenters. The van der Waals surface area contributed by atoms with Gasteiger partial charge in [-0.2, -0.15) is 0 Å². The lowest BCUT2D eigenvalue weighted by atomic mass is 10.5. The first-order chi connectivity index (χ1) is 13.5. The molecule has 1 heterocycles. The molecular weight excluding hydrogens is 557 g/mol. The predicted octanol–water partition coefficient (Wildman–Crippen LogP) is -2.59. The zero-order valence-electron chi connectivity index (χ0n) is 17.5. The number of hydrogen-bond donors (Lipinski definition) is 0. The van der Waals surface area contributed by atoms with Crippen molar-refractivity contribution in [2.24, 2.45) is 0 Å². The van der Waals surface area contributed by atoms with Gasteiger partial charge in [-0.15, -0.1) is 0 Å². The Kier molecular flexibility index (Phi) is 8.46. The summed E-state index contributed by atoms with van der Waals surface area (Å²) >= 11 is 0. The summed E-state index contributed by atoms with van der Waals surface area (Å²) in [6, 6.07) is -0.828. The van der Waals surface area contributed by atoms with Crippen molar-refractivity contribution in [2.75, 3.05) is 51.1 Å². The van der Waals surface area contributed by atoms with Crippen molar-refractivity contribution < 1.29 is 55.7 Å². The van der Waals surface area contributed by atoms with Gasteiger partial charge in [0.15, 0.2) is 46.4 Å². The van der Waals surface area contributed by atoms with Crippen LogP contribution in [0.2, 0.25) is 6.04 Å². The topological polar surface area (TPSA) is 202 Å². The summed E-state index contributed by atoms with van der Waals surface area (Å²) in [6.45, 7) is -5.01. The Morgan fingerprint density at radius 3 is 1.42 bits per heavy atom. The molecule has 1 unspecified atom stereocenters. The van der Waals surface area contributed by atoms with Crippen LogP contribution >= 0.6 is 0 Å². The second-order valence-corrected chi connectivity index (χ2v) is 42.0. The normalized spacial score (nSPS) is 19.3. The molecule has 1 rings (SSSR count). The van der Waals surface area contributed by atoms with E-state index in [-0.39, 0.29) is 44.5 Å². The van der Waals surface area contributed by atoms with Crippen molar-refractivity contribution in [3.05, 3.63) is 0 Å².